The monoisotopic (exact) mass is 310 g/mol. The minimum Gasteiger partial charge on any atom is -0.302 e. The van der Waals surface area contributed by atoms with Crippen molar-refractivity contribution in [1.29, 1.82) is 0 Å². The largest absolute Gasteiger partial charge is 0.302 e. The standard InChI is InChI=1S/C18H18N2OS/c1-12(2)14-9-7-13(8-10-14)11-17(21)20-18-19-15-5-3-4-6-16(15)22-18/h3-10,12H,11H2,1-2H3,(H,19,20,21). The molecule has 0 saturated heterocycles. The number of carbonyl (C=O) groups excluding carboxylic acids is 1. The van der Waals surface area contributed by atoms with E-state index in [1.54, 1.807) is 0 Å². The number of fused-ring (bicyclic) bond motifs is 1. The maximum atomic E-state index is 12.1. The first-order valence-corrected chi connectivity index (χ1v) is 8.18. The molecule has 1 aromatic heterocycles. The van der Waals surface area contributed by atoms with Gasteiger partial charge in [-0.05, 0) is 29.2 Å². The predicted octanol–water partition coefficient (Wildman–Crippen LogP) is 4.60. The van der Waals surface area contributed by atoms with Crippen molar-refractivity contribution in [1.82, 2.24) is 4.98 Å². The van der Waals surface area contributed by atoms with E-state index in [1.165, 1.54) is 16.9 Å². The van der Waals surface area contributed by atoms with E-state index in [-0.39, 0.29) is 5.91 Å². The van der Waals surface area contributed by atoms with E-state index in [1.807, 2.05) is 36.4 Å². The van der Waals surface area contributed by atoms with Gasteiger partial charge in [0.2, 0.25) is 5.91 Å². The topological polar surface area (TPSA) is 42.0 Å². The smallest absolute Gasteiger partial charge is 0.230 e. The lowest BCUT2D eigenvalue weighted by Crippen LogP contribution is -2.14. The second-order valence-electron chi connectivity index (χ2n) is 5.61. The van der Waals surface area contributed by atoms with Gasteiger partial charge in [-0.15, -0.1) is 0 Å². The van der Waals surface area contributed by atoms with Crippen molar-refractivity contribution in [3.05, 3.63) is 59.7 Å². The van der Waals surface area contributed by atoms with Crippen LogP contribution in [0, 0.1) is 0 Å². The van der Waals surface area contributed by atoms with Crippen molar-refractivity contribution < 1.29 is 4.79 Å². The number of thiazole rings is 1. The molecule has 0 fully saturated rings. The van der Waals surface area contributed by atoms with Gasteiger partial charge < -0.3 is 5.32 Å². The van der Waals surface area contributed by atoms with E-state index in [0.29, 0.717) is 17.5 Å². The third-order valence-corrected chi connectivity index (χ3v) is 4.50. The number of benzene rings is 2. The fourth-order valence-corrected chi connectivity index (χ4v) is 3.18. The highest BCUT2D eigenvalue weighted by molar-refractivity contribution is 7.22. The highest BCUT2D eigenvalue weighted by Crippen LogP contribution is 2.25. The summed E-state index contributed by atoms with van der Waals surface area (Å²) >= 11 is 1.50. The molecular formula is C18H18N2OS. The molecule has 0 saturated carbocycles. The number of hydrogen-bond donors (Lipinski definition) is 1. The molecule has 0 spiro atoms. The van der Waals surface area contributed by atoms with E-state index >= 15 is 0 Å². The van der Waals surface area contributed by atoms with Crippen LogP contribution in [-0.4, -0.2) is 10.9 Å². The molecule has 0 aliphatic heterocycles. The molecule has 0 atom stereocenters. The molecule has 0 aliphatic carbocycles. The lowest BCUT2D eigenvalue weighted by molar-refractivity contribution is -0.115. The van der Waals surface area contributed by atoms with Crippen LogP contribution < -0.4 is 5.32 Å². The molecule has 2 aromatic carbocycles. The summed E-state index contributed by atoms with van der Waals surface area (Å²) in [4.78, 5) is 16.6. The van der Waals surface area contributed by atoms with Gasteiger partial charge in [0.1, 0.15) is 0 Å². The van der Waals surface area contributed by atoms with Crippen molar-refractivity contribution in [3.63, 3.8) is 0 Å². The highest BCUT2D eigenvalue weighted by atomic mass is 32.1. The van der Waals surface area contributed by atoms with E-state index < -0.39 is 0 Å². The van der Waals surface area contributed by atoms with Gasteiger partial charge in [-0.2, -0.15) is 0 Å². The third-order valence-electron chi connectivity index (χ3n) is 3.55. The first-order chi connectivity index (χ1) is 10.6. The molecule has 1 N–H and O–H groups in total. The maximum Gasteiger partial charge on any atom is 0.230 e. The molecule has 4 heteroatoms. The molecule has 3 nitrogen and oxygen atoms in total. The summed E-state index contributed by atoms with van der Waals surface area (Å²) in [6.45, 7) is 4.32. The van der Waals surface area contributed by atoms with Crippen LogP contribution in [0.4, 0.5) is 5.13 Å². The van der Waals surface area contributed by atoms with Crippen LogP contribution in [0.15, 0.2) is 48.5 Å². The van der Waals surface area contributed by atoms with Crippen LogP contribution in [0.3, 0.4) is 0 Å². The second-order valence-corrected chi connectivity index (χ2v) is 6.64. The average Bonchev–Trinajstić information content (AvgIpc) is 2.89. The summed E-state index contributed by atoms with van der Waals surface area (Å²) in [5, 5.41) is 3.54. The van der Waals surface area contributed by atoms with E-state index in [9.17, 15) is 4.79 Å². The zero-order valence-corrected chi connectivity index (χ0v) is 13.5. The van der Waals surface area contributed by atoms with E-state index in [4.69, 9.17) is 0 Å². The summed E-state index contributed by atoms with van der Waals surface area (Å²) in [6, 6.07) is 16.1. The van der Waals surface area contributed by atoms with Crippen LogP contribution in [-0.2, 0) is 11.2 Å². The Labute approximate surface area is 134 Å². The van der Waals surface area contributed by atoms with Gasteiger partial charge in [0.25, 0.3) is 0 Å². The van der Waals surface area contributed by atoms with Crippen LogP contribution in [0.25, 0.3) is 10.2 Å². The number of amides is 1. The lowest BCUT2D eigenvalue weighted by Gasteiger charge is -2.06. The Hall–Kier alpha value is -2.20. The molecule has 1 amide bonds. The minimum absolute atomic E-state index is 0.0312. The van der Waals surface area contributed by atoms with Crippen molar-refractivity contribution in [2.45, 2.75) is 26.2 Å². The van der Waals surface area contributed by atoms with E-state index in [0.717, 1.165) is 15.8 Å². The lowest BCUT2D eigenvalue weighted by atomic mass is 10.0. The number of rotatable bonds is 4. The predicted molar refractivity (Wildman–Crippen MR) is 92.5 cm³/mol. The van der Waals surface area contributed by atoms with Crippen molar-refractivity contribution in [2.75, 3.05) is 5.32 Å². The maximum absolute atomic E-state index is 12.1. The Balaban J connectivity index is 1.66. The fraction of sp³-hybridized carbons (Fsp3) is 0.222. The summed E-state index contributed by atoms with van der Waals surface area (Å²) in [6.07, 6.45) is 0.369. The van der Waals surface area contributed by atoms with Gasteiger partial charge in [0.15, 0.2) is 5.13 Å². The van der Waals surface area contributed by atoms with Gasteiger partial charge in [0, 0.05) is 0 Å². The Bertz CT molecular complexity index is 757. The Morgan fingerprint density at radius 1 is 1.14 bits per heavy atom. The zero-order chi connectivity index (χ0) is 15.5. The second kappa shape index (κ2) is 6.28. The van der Waals surface area contributed by atoms with Crippen LogP contribution in [0.1, 0.15) is 30.9 Å². The van der Waals surface area contributed by atoms with Gasteiger partial charge >= 0.3 is 0 Å². The molecule has 112 valence electrons. The van der Waals surface area contributed by atoms with Crippen molar-refractivity contribution >= 4 is 32.6 Å². The minimum atomic E-state index is -0.0312. The van der Waals surface area contributed by atoms with E-state index in [2.05, 4.69) is 36.3 Å². The SMILES string of the molecule is CC(C)c1ccc(CC(=O)Nc2nc3ccccc3s2)cc1. The number of nitrogens with zero attached hydrogens (tertiary/aromatic N) is 1. The summed E-state index contributed by atoms with van der Waals surface area (Å²) < 4.78 is 1.08. The Kier molecular flexibility index (Phi) is 4.20. The van der Waals surface area contributed by atoms with Gasteiger partial charge in [-0.25, -0.2) is 4.98 Å². The first kappa shape index (κ1) is 14.7. The van der Waals surface area contributed by atoms with Crippen LogP contribution in [0.2, 0.25) is 0 Å². The van der Waals surface area contributed by atoms with Gasteiger partial charge in [-0.1, -0.05) is 61.6 Å². The number of para-hydroxylation sites is 1. The summed E-state index contributed by atoms with van der Waals surface area (Å²) in [7, 11) is 0. The average molecular weight is 310 g/mol. The Morgan fingerprint density at radius 3 is 2.55 bits per heavy atom. The third kappa shape index (κ3) is 3.34. The normalized spacial score (nSPS) is 11.0. The molecule has 3 rings (SSSR count). The highest BCUT2D eigenvalue weighted by Gasteiger charge is 2.08. The molecule has 1 heterocycles. The number of carbonyl (C=O) groups is 1. The van der Waals surface area contributed by atoms with Crippen LogP contribution >= 0.6 is 11.3 Å². The van der Waals surface area contributed by atoms with Crippen LogP contribution in [0.5, 0.6) is 0 Å². The fourth-order valence-electron chi connectivity index (χ4n) is 2.29. The molecule has 3 aromatic rings. The molecule has 0 unspecified atom stereocenters. The molecule has 22 heavy (non-hydrogen) atoms. The molecule has 0 bridgehead atoms. The Morgan fingerprint density at radius 2 is 1.86 bits per heavy atom. The number of anilines is 1. The molecule has 0 aliphatic rings. The van der Waals surface area contributed by atoms with Crippen molar-refractivity contribution in [2.24, 2.45) is 0 Å². The number of hydrogen-bond acceptors (Lipinski definition) is 3. The summed E-state index contributed by atoms with van der Waals surface area (Å²) in [5.74, 6) is 0.474. The number of nitrogens with one attached hydrogen (secondary N) is 1. The van der Waals surface area contributed by atoms with Gasteiger partial charge in [-0.3, -0.25) is 4.79 Å². The number of aromatic nitrogens is 1. The zero-order valence-electron chi connectivity index (χ0n) is 12.7. The van der Waals surface area contributed by atoms with Crippen molar-refractivity contribution in [3.8, 4) is 0 Å². The molecular weight excluding hydrogens is 292 g/mol. The quantitative estimate of drug-likeness (QED) is 0.765. The first-order valence-electron chi connectivity index (χ1n) is 7.36. The molecule has 0 radical (unpaired) electrons. The van der Waals surface area contributed by atoms with Gasteiger partial charge in [0.05, 0.1) is 16.6 Å². The summed E-state index contributed by atoms with van der Waals surface area (Å²) in [5.41, 5.74) is 3.22.